The van der Waals surface area contributed by atoms with Crippen molar-refractivity contribution in [2.24, 2.45) is 0 Å². The van der Waals surface area contributed by atoms with E-state index in [2.05, 4.69) is 5.43 Å². The molecule has 1 atom stereocenters. The van der Waals surface area contributed by atoms with Gasteiger partial charge >= 0.3 is 0 Å². The van der Waals surface area contributed by atoms with Crippen molar-refractivity contribution >= 4 is 23.2 Å². The van der Waals surface area contributed by atoms with Gasteiger partial charge in [-0.25, -0.2) is 9.40 Å². The van der Waals surface area contributed by atoms with Crippen molar-refractivity contribution in [1.82, 2.24) is 10.4 Å². The van der Waals surface area contributed by atoms with Crippen molar-refractivity contribution in [3.63, 3.8) is 0 Å². The van der Waals surface area contributed by atoms with E-state index < -0.39 is 0 Å². The molecule has 0 spiro atoms. The molecule has 0 unspecified atom stereocenters. The van der Waals surface area contributed by atoms with Gasteiger partial charge in [0.2, 0.25) is 0 Å². The topological polar surface area (TPSA) is 41.6 Å². The van der Waals surface area contributed by atoms with E-state index >= 15 is 0 Å². The maximum atomic E-state index is 13.2. The minimum Gasteiger partial charge on any atom is -0.497 e. The van der Waals surface area contributed by atoms with Crippen LogP contribution in [0, 0.1) is 5.82 Å². The zero-order valence-electron chi connectivity index (χ0n) is 13.0. The molecule has 2 aromatic carbocycles. The second kappa shape index (κ2) is 6.93. The van der Waals surface area contributed by atoms with Gasteiger partial charge in [0, 0.05) is 0 Å². The lowest BCUT2D eigenvalue weighted by atomic mass is 10.0. The van der Waals surface area contributed by atoms with E-state index in [0.29, 0.717) is 0 Å². The molecule has 1 heterocycles. The summed E-state index contributed by atoms with van der Waals surface area (Å²) in [6, 6.07) is 13.2. The SMILES string of the molecule is COc1ccc(C2=C[C@H](c3ccc(F)cc3)N(C(=O)CCl)N2)cc1. The largest absolute Gasteiger partial charge is 0.497 e. The predicted octanol–water partition coefficient (Wildman–Crippen LogP) is 3.50. The van der Waals surface area contributed by atoms with Crippen LogP contribution in [0.25, 0.3) is 5.70 Å². The molecule has 124 valence electrons. The Morgan fingerprint density at radius 1 is 1.21 bits per heavy atom. The maximum Gasteiger partial charge on any atom is 0.256 e. The van der Waals surface area contributed by atoms with Gasteiger partial charge in [-0.2, -0.15) is 0 Å². The van der Waals surface area contributed by atoms with Gasteiger partial charge in [0.1, 0.15) is 17.4 Å². The highest BCUT2D eigenvalue weighted by Gasteiger charge is 2.30. The van der Waals surface area contributed by atoms with E-state index in [4.69, 9.17) is 16.3 Å². The van der Waals surface area contributed by atoms with Crippen LogP contribution in [-0.2, 0) is 4.79 Å². The first-order chi connectivity index (χ1) is 11.6. The second-order valence-electron chi connectivity index (χ2n) is 5.31. The van der Waals surface area contributed by atoms with E-state index in [1.165, 1.54) is 17.1 Å². The summed E-state index contributed by atoms with van der Waals surface area (Å²) in [5.74, 6) is 0.0280. The van der Waals surface area contributed by atoms with Crippen LogP contribution in [0.5, 0.6) is 5.75 Å². The average molecular weight is 347 g/mol. The van der Waals surface area contributed by atoms with Gasteiger partial charge in [-0.1, -0.05) is 12.1 Å². The minimum atomic E-state index is -0.353. The molecule has 6 heteroatoms. The van der Waals surface area contributed by atoms with Crippen molar-refractivity contribution in [1.29, 1.82) is 0 Å². The second-order valence-corrected chi connectivity index (χ2v) is 5.58. The number of amides is 1. The zero-order valence-corrected chi connectivity index (χ0v) is 13.8. The fraction of sp³-hybridized carbons (Fsp3) is 0.167. The van der Waals surface area contributed by atoms with Crippen molar-refractivity contribution in [3.8, 4) is 5.75 Å². The molecule has 24 heavy (non-hydrogen) atoms. The van der Waals surface area contributed by atoms with Crippen LogP contribution in [0.3, 0.4) is 0 Å². The first-order valence-electron chi connectivity index (χ1n) is 7.39. The molecule has 0 bridgehead atoms. The summed E-state index contributed by atoms with van der Waals surface area (Å²) in [7, 11) is 1.60. The van der Waals surface area contributed by atoms with Gasteiger partial charge in [0.15, 0.2) is 0 Å². The Morgan fingerprint density at radius 2 is 1.88 bits per heavy atom. The number of hydrogen-bond donors (Lipinski definition) is 1. The Bertz CT molecular complexity index is 760. The third-order valence-electron chi connectivity index (χ3n) is 3.84. The monoisotopic (exact) mass is 346 g/mol. The number of halogens is 2. The van der Waals surface area contributed by atoms with Gasteiger partial charge < -0.3 is 4.74 Å². The van der Waals surface area contributed by atoms with Crippen molar-refractivity contribution in [2.75, 3.05) is 13.0 Å². The Morgan fingerprint density at radius 3 is 2.46 bits per heavy atom. The third-order valence-corrected chi connectivity index (χ3v) is 4.07. The molecular weight excluding hydrogens is 331 g/mol. The molecule has 0 fully saturated rings. The van der Waals surface area contributed by atoms with Crippen LogP contribution < -0.4 is 10.2 Å². The highest BCUT2D eigenvalue weighted by Crippen LogP contribution is 2.32. The van der Waals surface area contributed by atoms with E-state index in [1.807, 2.05) is 30.3 Å². The summed E-state index contributed by atoms with van der Waals surface area (Å²) < 4.78 is 18.3. The number of benzene rings is 2. The van der Waals surface area contributed by atoms with E-state index in [9.17, 15) is 9.18 Å². The minimum absolute atomic E-state index is 0.144. The summed E-state index contributed by atoms with van der Waals surface area (Å²) in [5, 5.41) is 1.46. The highest BCUT2D eigenvalue weighted by atomic mass is 35.5. The lowest BCUT2D eigenvalue weighted by molar-refractivity contribution is -0.131. The Labute approximate surface area is 144 Å². The third kappa shape index (κ3) is 3.21. The van der Waals surface area contributed by atoms with Crippen molar-refractivity contribution < 1.29 is 13.9 Å². The standard InChI is InChI=1S/C18H16ClFN2O2/c1-24-15-8-4-12(5-9-15)16-10-17(22(21-16)18(23)11-19)13-2-6-14(20)7-3-13/h2-10,17,21H,11H2,1H3/t17-/m1/s1. The number of hydrazine groups is 1. The number of carbonyl (C=O) groups excluding carboxylic acids is 1. The molecule has 3 rings (SSSR count). The highest BCUT2D eigenvalue weighted by molar-refractivity contribution is 6.27. The molecule has 2 aromatic rings. The smallest absolute Gasteiger partial charge is 0.256 e. The summed E-state index contributed by atoms with van der Waals surface area (Å²) >= 11 is 5.71. The quantitative estimate of drug-likeness (QED) is 0.861. The molecule has 1 N–H and O–H groups in total. The van der Waals surface area contributed by atoms with Gasteiger partial charge in [-0.3, -0.25) is 10.2 Å². The first-order valence-corrected chi connectivity index (χ1v) is 7.92. The van der Waals surface area contributed by atoms with Crippen molar-refractivity contribution in [2.45, 2.75) is 6.04 Å². The normalized spacial score (nSPS) is 16.5. The van der Waals surface area contributed by atoms with Crippen LogP contribution >= 0.6 is 11.6 Å². The molecule has 0 saturated carbocycles. The van der Waals surface area contributed by atoms with Gasteiger partial charge in [-0.05, 0) is 53.6 Å². The van der Waals surface area contributed by atoms with Crippen LogP contribution in [0.15, 0.2) is 54.6 Å². The maximum absolute atomic E-state index is 13.2. The number of hydrogen-bond acceptors (Lipinski definition) is 3. The van der Waals surface area contributed by atoms with Crippen molar-refractivity contribution in [3.05, 3.63) is 71.6 Å². The Hall–Kier alpha value is -2.53. The number of ether oxygens (including phenoxy) is 1. The summed E-state index contributed by atoms with van der Waals surface area (Å²) in [6.45, 7) is 0. The van der Waals surface area contributed by atoms with E-state index in [0.717, 1.165) is 22.6 Å². The molecule has 0 saturated heterocycles. The number of carbonyl (C=O) groups is 1. The van der Waals surface area contributed by atoms with E-state index in [1.54, 1.807) is 19.2 Å². The Balaban J connectivity index is 1.94. The average Bonchev–Trinajstić information content (AvgIpc) is 3.07. The number of nitrogens with zero attached hydrogens (tertiary/aromatic N) is 1. The van der Waals surface area contributed by atoms with Crippen LogP contribution in [0.4, 0.5) is 4.39 Å². The van der Waals surface area contributed by atoms with Gasteiger partial charge in [-0.15, -0.1) is 11.6 Å². The molecule has 4 nitrogen and oxygen atoms in total. The van der Waals surface area contributed by atoms with Gasteiger partial charge in [0.25, 0.3) is 5.91 Å². The molecule has 1 aliphatic heterocycles. The summed E-state index contributed by atoms with van der Waals surface area (Å²) in [4.78, 5) is 12.1. The van der Waals surface area contributed by atoms with Gasteiger partial charge in [0.05, 0.1) is 18.8 Å². The van der Waals surface area contributed by atoms with Crippen LogP contribution in [-0.4, -0.2) is 23.9 Å². The molecular formula is C18H16ClFN2O2. The zero-order chi connectivity index (χ0) is 17.1. The summed E-state index contributed by atoms with van der Waals surface area (Å²) in [5.41, 5.74) is 5.57. The predicted molar refractivity (Wildman–Crippen MR) is 90.8 cm³/mol. The van der Waals surface area contributed by atoms with Crippen LogP contribution in [0.1, 0.15) is 17.2 Å². The fourth-order valence-corrected chi connectivity index (χ4v) is 2.72. The molecule has 1 aliphatic rings. The lowest BCUT2D eigenvalue weighted by Gasteiger charge is -2.24. The number of nitrogens with one attached hydrogen (secondary N) is 1. The van der Waals surface area contributed by atoms with Crippen LogP contribution in [0.2, 0.25) is 0 Å². The first kappa shape index (κ1) is 16.3. The molecule has 0 radical (unpaired) electrons. The Kier molecular flexibility index (Phi) is 4.71. The number of methoxy groups -OCH3 is 1. The number of alkyl halides is 1. The number of rotatable bonds is 4. The molecule has 0 aliphatic carbocycles. The van der Waals surface area contributed by atoms with E-state index in [-0.39, 0.29) is 23.6 Å². The molecule has 1 amide bonds. The summed E-state index contributed by atoms with van der Waals surface area (Å²) in [6.07, 6.45) is 1.92. The lowest BCUT2D eigenvalue weighted by Crippen LogP contribution is -2.40. The molecule has 0 aromatic heterocycles. The fourth-order valence-electron chi connectivity index (χ4n) is 2.59.